The molecule has 1 N–H and O–H groups in total. The van der Waals surface area contributed by atoms with Gasteiger partial charge in [0.15, 0.2) is 9.84 Å². The van der Waals surface area contributed by atoms with Crippen LogP contribution >= 0.6 is 0 Å². The molecule has 0 bridgehead atoms. The van der Waals surface area contributed by atoms with Gasteiger partial charge in [0.05, 0.1) is 0 Å². The van der Waals surface area contributed by atoms with Gasteiger partial charge in [-0.1, -0.05) is 12.1 Å². The van der Waals surface area contributed by atoms with Gasteiger partial charge in [-0.3, -0.25) is 0 Å². The van der Waals surface area contributed by atoms with Crippen LogP contribution in [0.3, 0.4) is 0 Å². The summed E-state index contributed by atoms with van der Waals surface area (Å²) in [6, 6.07) is 5.85. The van der Waals surface area contributed by atoms with Crippen molar-refractivity contribution in [3.8, 4) is 5.75 Å². The predicted octanol–water partition coefficient (Wildman–Crippen LogP) is 0.796. The van der Waals surface area contributed by atoms with Crippen LogP contribution in [0.4, 0.5) is 0 Å². The van der Waals surface area contributed by atoms with E-state index in [0.29, 0.717) is 0 Å². The van der Waals surface area contributed by atoms with Crippen molar-refractivity contribution < 1.29 is 89.0 Å². The SMILES string of the molecule is CS(=O)(=O)c1ccccc1O.[Ar].[Ar]. The molecule has 0 saturated heterocycles. The van der Waals surface area contributed by atoms with Gasteiger partial charge in [0.2, 0.25) is 0 Å². The summed E-state index contributed by atoms with van der Waals surface area (Å²) in [7, 11) is -3.28. The Morgan fingerprint density at radius 3 is 1.92 bits per heavy atom. The van der Waals surface area contributed by atoms with Gasteiger partial charge in [0.1, 0.15) is 10.6 Å². The van der Waals surface area contributed by atoms with Crippen molar-refractivity contribution in [2.24, 2.45) is 0 Å². The van der Waals surface area contributed by atoms with E-state index in [1.807, 2.05) is 0 Å². The second-order valence-corrected chi connectivity index (χ2v) is 4.22. The fraction of sp³-hybridized carbons (Fsp3) is 0.143. The summed E-state index contributed by atoms with van der Waals surface area (Å²) in [4.78, 5) is -0.0278. The molecule has 0 aromatic heterocycles. The summed E-state index contributed by atoms with van der Waals surface area (Å²) >= 11 is 0. The molecular weight excluding hydrogens is 244 g/mol. The molecule has 0 aliphatic carbocycles. The topological polar surface area (TPSA) is 54.4 Å². The number of phenols is 1. The largest absolute Gasteiger partial charge is 0.507 e. The minimum absolute atomic E-state index is 0. The van der Waals surface area contributed by atoms with E-state index in [1.165, 1.54) is 12.1 Å². The summed E-state index contributed by atoms with van der Waals surface area (Å²) in [5.74, 6) is -0.199. The molecule has 1 aromatic rings. The molecule has 0 fully saturated rings. The average Bonchev–Trinajstić information content (AvgIpc) is 1.86. The van der Waals surface area contributed by atoms with Gasteiger partial charge in [0, 0.05) is 81.7 Å². The quantitative estimate of drug-likeness (QED) is 0.804. The molecule has 0 radical (unpaired) electrons. The first-order valence-corrected chi connectivity index (χ1v) is 4.89. The number of rotatable bonds is 1. The van der Waals surface area contributed by atoms with Gasteiger partial charge in [-0.15, -0.1) is 0 Å². The van der Waals surface area contributed by atoms with E-state index in [-0.39, 0.29) is 86.1 Å². The van der Waals surface area contributed by atoms with E-state index < -0.39 is 9.84 Å². The number of sulfone groups is 1. The Kier molecular flexibility index (Phi) is 8.94. The van der Waals surface area contributed by atoms with Crippen LogP contribution in [0.15, 0.2) is 29.2 Å². The van der Waals surface area contributed by atoms with Crippen molar-refractivity contribution in [1.82, 2.24) is 0 Å². The normalized spacial score (nSPS) is 9.62. The molecule has 1 aromatic carbocycles. The van der Waals surface area contributed by atoms with Crippen LogP contribution in [0.5, 0.6) is 5.75 Å². The van der Waals surface area contributed by atoms with Crippen LogP contribution < -0.4 is 0 Å². The monoisotopic (exact) mass is 252 g/mol. The molecule has 13 heavy (non-hydrogen) atoms. The predicted molar refractivity (Wildman–Crippen MR) is 41.2 cm³/mol. The number of phenolic OH excluding ortho intramolecular Hbond substituents is 1. The van der Waals surface area contributed by atoms with Crippen LogP contribution in [-0.2, 0) is 9.84 Å². The fourth-order valence-electron chi connectivity index (χ4n) is 0.771. The Balaban J connectivity index is 0. The zero-order valence-corrected chi connectivity index (χ0v) is 8.92. The number of benzene rings is 1. The zero-order chi connectivity index (χ0) is 8.48. The maximum Gasteiger partial charge on any atom is 0.179 e. The van der Waals surface area contributed by atoms with E-state index >= 15 is 0 Å². The summed E-state index contributed by atoms with van der Waals surface area (Å²) in [6.07, 6.45) is 1.06. The van der Waals surface area contributed by atoms with Crippen LogP contribution in [0, 0.1) is 75.5 Å². The third-order valence-electron chi connectivity index (χ3n) is 1.26. The number of hydrogen-bond acceptors (Lipinski definition) is 3. The maximum absolute atomic E-state index is 10.9. The first-order chi connectivity index (χ1) is 5.02. The van der Waals surface area contributed by atoms with Crippen LogP contribution in [0.2, 0.25) is 0 Å². The molecular formula is C7H8Ar2O3S. The van der Waals surface area contributed by atoms with Gasteiger partial charge in [-0.25, -0.2) is 8.42 Å². The Morgan fingerprint density at radius 1 is 1.15 bits per heavy atom. The molecule has 0 aliphatic rings. The van der Waals surface area contributed by atoms with Crippen molar-refractivity contribution in [2.45, 2.75) is 4.90 Å². The van der Waals surface area contributed by atoms with Crippen molar-refractivity contribution in [1.29, 1.82) is 0 Å². The molecule has 0 spiro atoms. The molecule has 3 nitrogen and oxygen atoms in total. The number of aromatic hydroxyl groups is 1. The number of hydrogen-bond donors (Lipinski definition) is 1. The minimum Gasteiger partial charge on any atom is -0.507 e. The van der Waals surface area contributed by atoms with Crippen LogP contribution in [-0.4, -0.2) is 19.8 Å². The van der Waals surface area contributed by atoms with Gasteiger partial charge in [-0.2, -0.15) is 0 Å². The van der Waals surface area contributed by atoms with Crippen molar-refractivity contribution in [3.05, 3.63) is 24.3 Å². The molecule has 0 saturated carbocycles. The second kappa shape index (κ2) is 6.88. The third-order valence-corrected chi connectivity index (χ3v) is 2.41. The maximum atomic E-state index is 10.9. The van der Waals surface area contributed by atoms with E-state index in [2.05, 4.69) is 0 Å². The molecule has 0 atom stereocenters. The van der Waals surface area contributed by atoms with E-state index in [4.69, 9.17) is 5.11 Å². The van der Waals surface area contributed by atoms with E-state index in [0.717, 1.165) is 6.26 Å². The van der Waals surface area contributed by atoms with E-state index in [1.54, 1.807) is 12.1 Å². The Hall–Kier alpha value is 1.49. The molecule has 1 rings (SSSR count). The Bertz CT molecular complexity index is 362. The van der Waals surface area contributed by atoms with Crippen molar-refractivity contribution >= 4 is 9.84 Å². The molecule has 0 heterocycles. The third kappa shape index (κ3) is 5.21. The first kappa shape index (κ1) is 16.9. The Labute approximate surface area is 137 Å². The molecule has 0 aliphatic heterocycles. The zero-order valence-electron chi connectivity index (χ0n) is 6.69. The van der Waals surface area contributed by atoms with Gasteiger partial charge in [-0.05, 0) is 12.1 Å². The molecule has 6 heteroatoms. The van der Waals surface area contributed by atoms with Crippen molar-refractivity contribution in [3.63, 3.8) is 0 Å². The summed E-state index contributed by atoms with van der Waals surface area (Å²) in [6.45, 7) is 0. The minimum atomic E-state index is -3.28. The molecule has 0 unspecified atom stereocenters. The van der Waals surface area contributed by atoms with Crippen LogP contribution in [0.1, 0.15) is 0 Å². The van der Waals surface area contributed by atoms with Crippen molar-refractivity contribution in [2.75, 3.05) is 6.26 Å². The Morgan fingerprint density at radius 2 is 1.62 bits per heavy atom. The summed E-state index contributed by atoms with van der Waals surface area (Å²) in [5.41, 5.74) is 0. The van der Waals surface area contributed by atoms with Gasteiger partial charge in [0.25, 0.3) is 0 Å². The van der Waals surface area contributed by atoms with Gasteiger partial charge >= 0.3 is 0 Å². The van der Waals surface area contributed by atoms with E-state index in [9.17, 15) is 8.42 Å². The molecule has 0 amide bonds. The summed E-state index contributed by atoms with van der Waals surface area (Å²) < 4.78 is 21.8. The smallest absolute Gasteiger partial charge is 0.179 e. The standard InChI is InChI=1S/C7H8O3S.2Ar/c1-11(9,10)7-5-3-2-4-6(7)8;;/h2-5,8H,1H3;;. The van der Waals surface area contributed by atoms with Crippen LogP contribution in [0.25, 0.3) is 0 Å². The average molecular weight is 252 g/mol. The number of para-hydroxylation sites is 1. The first-order valence-electron chi connectivity index (χ1n) is 3.00. The second-order valence-electron chi connectivity index (χ2n) is 2.24. The molecule has 76 valence electrons. The van der Waals surface area contributed by atoms with Gasteiger partial charge < -0.3 is 5.11 Å². The summed E-state index contributed by atoms with van der Waals surface area (Å²) in [5, 5.41) is 9.07. The fourth-order valence-corrected chi connectivity index (χ4v) is 1.54.